The molecule has 1 unspecified atom stereocenters. The third-order valence-corrected chi connectivity index (χ3v) is 4.54. The number of rotatable bonds is 0. The lowest BCUT2D eigenvalue weighted by Gasteiger charge is -2.31. The number of likely N-dealkylation sites (N-methyl/N-ethyl adjacent to an activating group) is 1. The molecular formula is C17H19NO2. The maximum Gasteiger partial charge on any atom is 0.169 e. The molecule has 0 bridgehead atoms. The van der Waals surface area contributed by atoms with Crippen molar-refractivity contribution in [1.82, 2.24) is 4.90 Å². The van der Waals surface area contributed by atoms with Gasteiger partial charge in [-0.25, -0.2) is 0 Å². The van der Waals surface area contributed by atoms with Gasteiger partial charge in [0.15, 0.2) is 11.5 Å². The van der Waals surface area contributed by atoms with E-state index in [0.717, 1.165) is 24.9 Å². The van der Waals surface area contributed by atoms with Crippen LogP contribution in [0.2, 0.25) is 0 Å². The van der Waals surface area contributed by atoms with Gasteiger partial charge in [0.05, 0.1) is 0 Å². The molecule has 20 heavy (non-hydrogen) atoms. The number of hydrogen-bond acceptors (Lipinski definition) is 3. The van der Waals surface area contributed by atoms with Crippen LogP contribution in [-0.4, -0.2) is 29.7 Å². The molecule has 1 aliphatic carbocycles. The molecule has 3 aliphatic rings. The number of benzene rings is 1. The Kier molecular flexibility index (Phi) is 2.40. The topological polar surface area (TPSA) is 32.7 Å². The largest absolute Gasteiger partial charge is 0.504 e. The summed E-state index contributed by atoms with van der Waals surface area (Å²) in [5.74, 6) is 1.53. The Labute approximate surface area is 119 Å². The fraction of sp³-hybridized carbons (Fsp3) is 0.412. The monoisotopic (exact) mass is 269 g/mol. The molecule has 1 N–H and O–H groups in total. The lowest BCUT2D eigenvalue weighted by molar-refractivity contribution is 0.262. The number of allylic oxidation sites excluding steroid dienone is 1. The lowest BCUT2D eigenvalue weighted by Crippen LogP contribution is -2.30. The predicted molar refractivity (Wildman–Crippen MR) is 78.7 cm³/mol. The van der Waals surface area contributed by atoms with Gasteiger partial charge < -0.3 is 14.7 Å². The Hall–Kier alpha value is -1.90. The second kappa shape index (κ2) is 4.05. The van der Waals surface area contributed by atoms with Gasteiger partial charge in [0, 0.05) is 36.8 Å². The van der Waals surface area contributed by atoms with Crippen LogP contribution in [0.1, 0.15) is 24.5 Å². The first-order valence-electron chi connectivity index (χ1n) is 7.29. The normalized spacial score (nSPS) is 27.0. The highest BCUT2D eigenvalue weighted by Crippen LogP contribution is 2.50. The van der Waals surface area contributed by atoms with Crippen LogP contribution in [0.5, 0.6) is 11.5 Å². The van der Waals surface area contributed by atoms with Crippen LogP contribution in [0.25, 0.3) is 5.57 Å². The lowest BCUT2D eigenvalue weighted by atomic mass is 9.85. The molecule has 1 aromatic rings. The molecular weight excluding hydrogens is 250 g/mol. The molecule has 0 aromatic heterocycles. The molecule has 0 saturated heterocycles. The average Bonchev–Trinajstić information content (AvgIpc) is 2.81. The van der Waals surface area contributed by atoms with E-state index >= 15 is 0 Å². The zero-order valence-corrected chi connectivity index (χ0v) is 11.9. The Morgan fingerprint density at radius 3 is 3.05 bits per heavy atom. The van der Waals surface area contributed by atoms with Crippen LogP contribution in [0, 0.1) is 5.92 Å². The Morgan fingerprint density at radius 2 is 2.20 bits per heavy atom. The summed E-state index contributed by atoms with van der Waals surface area (Å²) >= 11 is 0. The van der Waals surface area contributed by atoms with Crippen molar-refractivity contribution in [3.05, 3.63) is 41.1 Å². The third kappa shape index (κ3) is 1.52. The maximum absolute atomic E-state index is 10.1. The molecule has 2 heterocycles. The van der Waals surface area contributed by atoms with E-state index in [1.54, 1.807) is 6.07 Å². The zero-order valence-electron chi connectivity index (χ0n) is 11.9. The van der Waals surface area contributed by atoms with Gasteiger partial charge in [0.1, 0.15) is 6.10 Å². The summed E-state index contributed by atoms with van der Waals surface area (Å²) in [5, 5.41) is 10.1. The summed E-state index contributed by atoms with van der Waals surface area (Å²) in [6.07, 6.45) is 6.36. The molecule has 2 aliphatic heterocycles. The molecule has 4 rings (SSSR count). The standard InChI is InChI=1S/C17H19NO2/c1-10-8-11-6-7-13(19)17-15(11)16-12(18(2)9-10)4-3-5-14(16)20-17/h3-4,6-7,10,14,19H,5,8-9H2,1-2H3/t10?,14-/m0/s1. The van der Waals surface area contributed by atoms with Gasteiger partial charge in [-0.1, -0.05) is 19.1 Å². The van der Waals surface area contributed by atoms with Gasteiger partial charge in [-0.05, 0) is 30.0 Å². The van der Waals surface area contributed by atoms with Crippen LogP contribution in [0.4, 0.5) is 0 Å². The summed E-state index contributed by atoms with van der Waals surface area (Å²) in [6.45, 7) is 3.33. The summed E-state index contributed by atoms with van der Waals surface area (Å²) in [7, 11) is 2.15. The fourth-order valence-corrected chi connectivity index (χ4v) is 3.75. The van der Waals surface area contributed by atoms with E-state index in [2.05, 4.69) is 37.1 Å². The highest BCUT2D eigenvalue weighted by molar-refractivity contribution is 5.85. The second-order valence-electron chi connectivity index (χ2n) is 6.18. The average molecular weight is 269 g/mol. The molecule has 2 atom stereocenters. The van der Waals surface area contributed by atoms with Gasteiger partial charge in [-0.3, -0.25) is 0 Å². The number of phenols is 1. The van der Waals surface area contributed by atoms with E-state index in [0.29, 0.717) is 11.7 Å². The summed E-state index contributed by atoms with van der Waals surface area (Å²) in [5.41, 5.74) is 4.97. The molecule has 104 valence electrons. The molecule has 0 spiro atoms. The highest BCUT2D eigenvalue weighted by atomic mass is 16.5. The van der Waals surface area contributed by atoms with Crippen molar-refractivity contribution < 1.29 is 9.84 Å². The first-order chi connectivity index (χ1) is 9.65. The summed E-state index contributed by atoms with van der Waals surface area (Å²) in [4.78, 5) is 2.33. The maximum atomic E-state index is 10.1. The molecule has 0 fully saturated rings. The first-order valence-corrected chi connectivity index (χ1v) is 7.29. The Morgan fingerprint density at radius 1 is 1.35 bits per heavy atom. The van der Waals surface area contributed by atoms with E-state index in [-0.39, 0.29) is 11.9 Å². The van der Waals surface area contributed by atoms with Crippen LogP contribution < -0.4 is 4.74 Å². The number of hydrogen-bond donors (Lipinski definition) is 1. The molecule has 0 amide bonds. The van der Waals surface area contributed by atoms with Gasteiger partial charge in [-0.15, -0.1) is 0 Å². The van der Waals surface area contributed by atoms with Crippen LogP contribution in [-0.2, 0) is 6.42 Å². The number of phenolic OH excluding ortho intramolecular Hbond substituents is 1. The first kappa shape index (κ1) is 11.9. The summed E-state index contributed by atoms with van der Waals surface area (Å²) in [6, 6.07) is 3.84. The number of ether oxygens (including phenoxy) is 1. The van der Waals surface area contributed by atoms with Gasteiger partial charge >= 0.3 is 0 Å². The van der Waals surface area contributed by atoms with E-state index in [1.165, 1.54) is 16.8 Å². The minimum atomic E-state index is 0.0629. The quantitative estimate of drug-likeness (QED) is 0.786. The van der Waals surface area contributed by atoms with Crippen molar-refractivity contribution in [3.63, 3.8) is 0 Å². The third-order valence-electron chi connectivity index (χ3n) is 4.54. The molecule has 0 saturated carbocycles. The zero-order chi connectivity index (χ0) is 13.9. The SMILES string of the molecule is CC1Cc2ccc(O)c3c2C2=C(C=CC[C@@H]2O3)N(C)C1. The van der Waals surface area contributed by atoms with E-state index in [1.807, 2.05) is 0 Å². The van der Waals surface area contributed by atoms with E-state index in [4.69, 9.17) is 4.74 Å². The van der Waals surface area contributed by atoms with Crippen molar-refractivity contribution in [1.29, 1.82) is 0 Å². The van der Waals surface area contributed by atoms with Crippen LogP contribution in [0.15, 0.2) is 30.0 Å². The highest BCUT2D eigenvalue weighted by Gasteiger charge is 2.38. The van der Waals surface area contributed by atoms with Gasteiger partial charge in [-0.2, -0.15) is 0 Å². The minimum absolute atomic E-state index is 0.0629. The Balaban J connectivity index is 2.03. The fourth-order valence-electron chi connectivity index (χ4n) is 3.75. The molecule has 3 nitrogen and oxygen atoms in total. The second-order valence-corrected chi connectivity index (χ2v) is 6.18. The van der Waals surface area contributed by atoms with E-state index < -0.39 is 0 Å². The van der Waals surface area contributed by atoms with Crippen molar-refractivity contribution in [3.8, 4) is 11.5 Å². The van der Waals surface area contributed by atoms with Crippen molar-refractivity contribution in [2.75, 3.05) is 13.6 Å². The molecule has 0 radical (unpaired) electrons. The van der Waals surface area contributed by atoms with E-state index in [9.17, 15) is 5.11 Å². The smallest absolute Gasteiger partial charge is 0.169 e. The van der Waals surface area contributed by atoms with Gasteiger partial charge in [0.2, 0.25) is 0 Å². The van der Waals surface area contributed by atoms with Crippen molar-refractivity contribution in [2.24, 2.45) is 5.92 Å². The van der Waals surface area contributed by atoms with Crippen LogP contribution in [0.3, 0.4) is 0 Å². The summed E-state index contributed by atoms with van der Waals surface area (Å²) < 4.78 is 6.04. The van der Waals surface area contributed by atoms with Crippen molar-refractivity contribution >= 4 is 5.57 Å². The minimum Gasteiger partial charge on any atom is -0.504 e. The number of aromatic hydroxyl groups is 1. The Bertz CT molecular complexity index is 645. The van der Waals surface area contributed by atoms with Crippen molar-refractivity contribution in [2.45, 2.75) is 25.9 Å². The predicted octanol–water partition coefficient (Wildman–Crippen LogP) is 2.95. The van der Waals surface area contributed by atoms with Gasteiger partial charge in [0.25, 0.3) is 0 Å². The number of nitrogens with zero attached hydrogens (tertiary/aromatic N) is 1. The molecule has 3 heteroatoms. The van der Waals surface area contributed by atoms with Crippen LogP contribution >= 0.6 is 0 Å². The molecule has 1 aromatic carbocycles.